The van der Waals surface area contributed by atoms with E-state index in [1.54, 1.807) is 18.2 Å². The zero-order chi connectivity index (χ0) is 20.4. The number of nitrogens with one attached hydrogen (secondary N) is 3. The monoisotopic (exact) mass is 386 g/mol. The molecule has 0 radical (unpaired) electrons. The third-order valence-electron chi connectivity index (χ3n) is 4.23. The fourth-order valence-corrected chi connectivity index (χ4v) is 2.65. The number of para-hydroxylation sites is 1. The highest BCUT2D eigenvalue weighted by Gasteiger charge is 2.20. The van der Waals surface area contributed by atoms with Crippen LogP contribution in [0.15, 0.2) is 48.5 Å². The minimum atomic E-state index is -0.692. The first-order valence-corrected chi connectivity index (χ1v) is 9.35. The second-order valence-electron chi connectivity index (χ2n) is 6.59. The minimum Gasteiger partial charge on any atom is -0.374 e. The SMILES string of the molecule is Cc1ccc(NC(=O)[C@H](CCCCN)NC(=O)CNc2ccccc2F)cc1. The molecule has 0 saturated heterocycles. The Morgan fingerprint density at radius 3 is 2.46 bits per heavy atom. The number of nitrogens with two attached hydrogens (primary N) is 1. The van der Waals surface area contributed by atoms with E-state index in [-0.39, 0.29) is 24.0 Å². The van der Waals surface area contributed by atoms with Crippen LogP contribution >= 0.6 is 0 Å². The van der Waals surface area contributed by atoms with Crippen molar-refractivity contribution in [3.8, 4) is 0 Å². The first kappa shape index (κ1) is 21.4. The molecular weight excluding hydrogens is 359 g/mol. The smallest absolute Gasteiger partial charge is 0.246 e. The van der Waals surface area contributed by atoms with E-state index in [9.17, 15) is 14.0 Å². The molecule has 0 heterocycles. The van der Waals surface area contributed by atoms with Crippen LogP contribution in [0.3, 0.4) is 0 Å². The third kappa shape index (κ3) is 7.00. The Balaban J connectivity index is 1.94. The van der Waals surface area contributed by atoms with E-state index < -0.39 is 11.9 Å². The van der Waals surface area contributed by atoms with Gasteiger partial charge < -0.3 is 21.7 Å². The lowest BCUT2D eigenvalue weighted by Crippen LogP contribution is -2.45. The highest BCUT2D eigenvalue weighted by Crippen LogP contribution is 2.12. The fourth-order valence-electron chi connectivity index (χ4n) is 2.65. The second-order valence-corrected chi connectivity index (χ2v) is 6.59. The van der Waals surface area contributed by atoms with E-state index in [1.165, 1.54) is 6.07 Å². The molecule has 0 bridgehead atoms. The van der Waals surface area contributed by atoms with Crippen LogP contribution in [0.4, 0.5) is 15.8 Å². The number of anilines is 2. The summed E-state index contributed by atoms with van der Waals surface area (Å²) in [5.74, 6) is -1.12. The Bertz CT molecular complexity index is 780. The number of halogens is 1. The number of aryl methyl sites for hydroxylation is 1. The summed E-state index contributed by atoms with van der Waals surface area (Å²) in [7, 11) is 0. The average molecular weight is 386 g/mol. The summed E-state index contributed by atoms with van der Waals surface area (Å²) in [6.07, 6.45) is 1.95. The zero-order valence-corrected chi connectivity index (χ0v) is 16.0. The van der Waals surface area contributed by atoms with E-state index in [0.717, 1.165) is 12.0 Å². The quantitative estimate of drug-likeness (QED) is 0.472. The highest BCUT2D eigenvalue weighted by molar-refractivity contribution is 5.97. The number of benzene rings is 2. The van der Waals surface area contributed by atoms with Crippen molar-refractivity contribution >= 4 is 23.2 Å². The molecule has 6 nitrogen and oxygen atoms in total. The fraction of sp³-hybridized carbons (Fsp3) is 0.333. The van der Waals surface area contributed by atoms with Gasteiger partial charge in [0, 0.05) is 5.69 Å². The summed E-state index contributed by atoms with van der Waals surface area (Å²) in [5, 5.41) is 8.28. The van der Waals surface area contributed by atoms with Crippen LogP contribution in [-0.2, 0) is 9.59 Å². The minimum absolute atomic E-state index is 0.133. The van der Waals surface area contributed by atoms with E-state index in [0.29, 0.717) is 25.1 Å². The normalized spacial score (nSPS) is 11.5. The van der Waals surface area contributed by atoms with Crippen LogP contribution in [0.2, 0.25) is 0 Å². The predicted octanol–water partition coefficient (Wildman–Crippen LogP) is 2.80. The molecule has 1 atom stereocenters. The maximum absolute atomic E-state index is 13.6. The Kier molecular flexibility index (Phi) is 8.42. The van der Waals surface area contributed by atoms with Crippen LogP contribution in [0.1, 0.15) is 24.8 Å². The van der Waals surface area contributed by atoms with Gasteiger partial charge in [-0.15, -0.1) is 0 Å². The van der Waals surface area contributed by atoms with Gasteiger partial charge in [-0.1, -0.05) is 29.8 Å². The molecule has 28 heavy (non-hydrogen) atoms. The molecule has 2 amide bonds. The summed E-state index contributed by atoms with van der Waals surface area (Å²) in [5.41, 5.74) is 7.51. The van der Waals surface area contributed by atoms with Crippen LogP contribution in [0, 0.1) is 12.7 Å². The topological polar surface area (TPSA) is 96.2 Å². The van der Waals surface area contributed by atoms with Gasteiger partial charge in [-0.25, -0.2) is 4.39 Å². The van der Waals surface area contributed by atoms with Crippen LogP contribution in [0.25, 0.3) is 0 Å². The number of amides is 2. The number of hydrogen-bond donors (Lipinski definition) is 4. The van der Waals surface area contributed by atoms with Crippen molar-refractivity contribution in [2.45, 2.75) is 32.2 Å². The molecule has 2 aromatic rings. The molecule has 0 aromatic heterocycles. The van der Waals surface area contributed by atoms with Crippen LogP contribution < -0.4 is 21.7 Å². The number of carbonyl (C=O) groups excluding carboxylic acids is 2. The van der Waals surface area contributed by atoms with Gasteiger partial charge in [0.2, 0.25) is 11.8 Å². The Hall–Kier alpha value is -2.93. The summed E-state index contributed by atoms with van der Waals surface area (Å²) in [4.78, 5) is 24.9. The van der Waals surface area contributed by atoms with E-state index in [1.807, 2.05) is 31.2 Å². The summed E-state index contributed by atoms with van der Waals surface area (Å²) >= 11 is 0. The summed E-state index contributed by atoms with van der Waals surface area (Å²) < 4.78 is 13.6. The summed E-state index contributed by atoms with van der Waals surface area (Å²) in [6, 6.07) is 12.8. The maximum Gasteiger partial charge on any atom is 0.246 e. The van der Waals surface area contributed by atoms with Crippen molar-refractivity contribution in [3.63, 3.8) is 0 Å². The van der Waals surface area contributed by atoms with Gasteiger partial charge in [-0.2, -0.15) is 0 Å². The van der Waals surface area contributed by atoms with Crippen molar-refractivity contribution in [1.82, 2.24) is 5.32 Å². The number of rotatable bonds is 10. The van der Waals surface area contributed by atoms with Gasteiger partial charge in [0.15, 0.2) is 0 Å². The largest absolute Gasteiger partial charge is 0.374 e. The third-order valence-corrected chi connectivity index (χ3v) is 4.23. The Morgan fingerprint density at radius 1 is 1.07 bits per heavy atom. The standard InChI is InChI=1S/C21H27FN4O2/c1-15-9-11-16(12-10-15)25-21(28)19(8-4-5-13-23)26-20(27)14-24-18-7-3-2-6-17(18)22/h2-3,6-7,9-12,19,24H,4-5,8,13-14,23H2,1H3,(H,25,28)(H,26,27)/t19-/m0/s1. The molecule has 0 saturated carbocycles. The summed E-state index contributed by atoms with van der Waals surface area (Å²) in [6.45, 7) is 2.35. The average Bonchev–Trinajstić information content (AvgIpc) is 2.68. The lowest BCUT2D eigenvalue weighted by atomic mass is 10.1. The van der Waals surface area contributed by atoms with Crippen LogP contribution in [-0.4, -0.2) is 30.9 Å². The zero-order valence-electron chi connectivity index (χ0n) is 16.0. The van der Waals surface area contributed by atoms with E-state index >= 15 is 0 Å². The number of carbonyl (C=O) groups is 2. The van der Waals surface area contributed by atoms with Gasteiger partial charge in [-0.3, -0.25) is 9.59 Å². The molecular formula is C21H27FN4O2. The van der Waals surface area contributed by atoms with Gasteiger partial charge in [0.1, 0.15) is 11.9 Å². The van der Waals surface area contributed by atoms with Crippen molar-refractivity contribution in [2.75, 3.05) is 23.7 Å². The molecule has 0 aliphatic rings. The van der Waals surface area contributed by atoms with Gasteiger partial charge >= 0.3 is 0 Å². The van der Waals surface area contributed by atoms with Gasteiger partial charge in [0.05, 0.1) is 12.2 Å². The molecule has 2 rings (SSSR count). The Morgan fingerprint density at radius 2 is 1.79 bits per heavy atom. The van der Waals surface area contributed by atoms with Crippen LogP contribution in [0.5, 0.6) is 0 Å². The lowest BCUT2D eigenvalue weighted by Gasteiger charge is -2.19. The van der Waals surface area contributed by atoms with E-state index in [2.05, 4.69) is 16.0 Å². The lowest BCUT2D eigenvalue weighted by molar-refractivity contribution is -0.125. The molecule has 0 unspecified atom stereocenters. The van der Waals surface area contributed by atoms with Crippen molar-refractivity contribution in [3.05, 3.63) is 59.9 Å². The van der Waals surface area contributed by atoms with Gasteiger partial charge in [-0.05, 0) is 57.0 Å². The second kappa shape index (κ2) is 11.0. The van der Waals surface area contributed by atoms with Crippen molar-refractivity contribution in [1.29, 1.82) is 0 Å². The van der Waals surface area contributed by atoms with Crippen molar-refractivity contribution < 1.29 is 14.0 Å². The molecule has 0 aliphatic heterocycles. The molecule has 0 spiro atoms. The molecule has 0 aliphatic carbocycles. The van der Waals surface area contributed by atoms with Crippen molar-refractivity contribution in [2.24, 2.45) is 5.73 Å². The first-order valence-electron chi connectivity index (χ1n) is 9.35. The molecule has 5 N–H and O–H groups in total. The maximum atomic E-state index is 13.6. The van der Waals surface area contributed by atoms with E-state index in [4.69, 9.17) is 5.73 Å². The molecule has 2 aromatic carbocycles. The number of unbranched alkanes of at least 4 members (excludes halogenated alkanes) is 1. The first-order chi connectivity index (χ1) is 13.5. The Labute approximate surface area is 164 Å². The number of hydrogen-bond acceptors (Lipinski definition) is 4. The molecule has 0 fully saturated rings. The van der Waals surface area contributed by atoms with Gasteiger partial charge in [0.25, 0.3) is 0 Å². The predicted molar refractivity (Wildman–Crippen MR) is 110 cm³/mol. The molecule has 7 heteroatoms. The molecule has 150 valence electrons. The highest BCUT2D eigenvalue weighted by atomic mass is 19.1.